The van der Waals surface area contributed by atoms with Crippen molar-refractivity contribution in [3.05, 3.63) is 69.6 Å². The molecule has 0 unspecified atom stereocenters. The summed E-state index contributed by atoms with van der Waals surface area (Å²) in [6.45, 7) is 5.87. The Hall–Kier alpha value is -4.04. The molecule has 3 aliphatic heterocycles. The average molecular weight is 503 g/mol. The van der Waals surface area contributed by atoms with Gasteiger partial charge in [0.25, 0.3) is 0 Å². The SMILES string of the molecule is CN1c2cccc(C=O)c2[C@]23CCNC(=O)[C@]2(CCN=[N+]=[N-])c2ccccc2N(C(=O)OC(C)(C)C)[C@H]13. The van der Waals surface area contributed by atoms with Gasteiger partial charge in [0.05, 0.1) is 16.5 Å². The summed E-state index contributed by atoms with van der Waals surface area (Å²) in [6.07, 6.45) is 0.290. The Bertz CT molecular complexity index is 1350. The second-order valence-corrected chi connectivity index (χ2v) is 10.8. The zero-order valence-electron chi connectivity index (χ0n) is 21.4. The van der Waals surface area contributed by atoms with E-state index in [4.69, 9.17) is 10.3 Å². The lowest BCUT2D eigenvalue weighted by Crippen LogP contribution is -2.74. The molecule has 0 radical (unpaired) electrons. The van der Waals surface area contributed by atoms with Gasteiger partial charge in [0, 0.05) is 36.3 Å². The van der Waals surface area contributed by atoms with E-state index in [0.717, 1.165) is 17.5 Å². The van der Waals surface area contributed by atoms with Gasteiger partial charge in [0.1, 0.15) is 18.1 Å². The van der Waals surface area contributed by atoms with Gasteiger partial charge in [-0.2, -0.15) is 0 Å². The fourth-order valence-electron chi connectivity index (χ4n) is 6.83. The van der Waals surface area contributed by atoms with E-state index >= 15 is 0 Å². The van der Waals surface area contributed by atoms with Gasteiger partial charge in [-0.3, -0.25) is 14.5 Å². The van der Waals surface area contributed by atoms with Gasteiger partial charge in [0.15, 0.2) is 0 Å². The van der Waals surface area contributed by atoms with Gasteiger partial charge in [-0.1, -0.05) is 35.4 Å². The van der Waals surface area contributed by atoms with Crippen LogP contribution in [-0.4, -0.2) is 50.2 Å². The molecule has 0 saturated carbocycles. The van der Waals surface area contributed by atoms with E-state index in [1.54, 1.807) is 11.0 Å². The molecule has 1 spiro atoms. The fraction of sp³-hybridized carbons (Fsp3) is 0.444. The third-order valence-corrected chi connectivity index (χ3v) is 7.90. The van der Waals surface area contributed by atoms with E-state index < -0.39 is 28.7 Å². The van der Waals surface area contributed by atoms with Crippen LogP contribution in [0.5, 0.6) is 0 Å². The van der Waals surface area contributed by atoms with Crippen molar-refractivity contribution in [1.82, 2.24) is 5.32 Å². The topological polar surface area (TPSA) is 128 Å². The van der Waals surface area contributed by atoms with Crippen LogP contribution in [-0.2, 0) is 20.4 Å². The first-order valence-corrected chi connectivity index (χ1v) is 12.4. The maximum Gasteiger partial charge on any atom is 0.416 e. The van der Waals surface area contributed by atoms with Crippen LogP contribution in [0, 0.1) is 0 Å². The number of amides is 2. The second-order valence-electron chi connectivity index (χ2n) is 10.8. The Morgan fingerprint density at radius 1 is 1.24 bits per heavy atom. The van der Waals surface area contributed by atoms with Crippen molar-refractivity contribution in [3.8, 4) is 0 Å². The van der Waals surface area contributed by atoms with E-state index in [1.807, 2.05) is 69.1 Å². The summed E-state index contributed by atoms with van der Waals surface area (Å²) in [5, 5.41) is 6.85. The highest BCUT2D eigenvalue weighted by molar-refractivity contribution is 6.03. The number of nitrogens with one attached hydrogen (secondary N) is 1. The maximum atomic E-state index is 14.2. The number of fused-ring (bicyclic) bond motifs is 3. The van der Waals surface area contributed by atoms with Crippen molar-refractivity contribution < 1.29 is 19.1 Å². The highest BCUT2D eigenvalue weighted by atomic mass is 16.6. The molecule has 2 amide bonds. The minimum absolute atomic E-state index is 0.0709. The van der Waals surface area contributed by atoms with Crippen LogP contribution >= 0.6 is 0 Å². The zero-order chi connectivity index (χ0) is 26.6. The number of piperidine rings is 1. The zero-order valence-corrected chi connectivity index (χ0v) is 21.4. The normalized spacial score (nSPS) is 25.6. The van der Waals surface area contributed by atoms with Crippen molar-refractivity contribution in [1.29, 1.82) is 0 Å². The maximum absolute atomic E-state index is 14.2. The Labute approximate surface area is 215 Å². The molecule has 2 aromatic carbocycles. The van der Waals surface area contributed by atoms with Crippen LogP contribution in [0.2, 0.25) is 0 Å². The first-order valence-electron chi connectivity index (χ1n) is 12.4. The first-order chi connectivity index (χ1) is 17.6. The Morgan fingerprint density at radius 2 is 1.97 bits per heavy atom. The van der Waals surface area contributed by atoms with Gasteiger partial charge in [-0.25, -0.2) is 4.79 Å². The van der Waals surface area contributed by atoms with Gasteiger partial charge in [-0.15, -0.1) is 0 Å². The van der Waals surface area contributed by atoms with Crippen molar-refractivity contribution >= 4 is 29.7 Å². The number of benzene rings is 2. The highest BCUT2D eigenvalue weighted by Gasteiger charge is 2.72. The van der Waals surface area contributed by atoms with Crippen LogP contribution in [0.15, 0.2) is 47.6 Å². The molecule has 37 heavy (non-hydrogen) atoms. The summed E-state index contributed by atoms with van der Waals surface area (Å²) in [5.74, 6) is -0.213. The fourth-order valence-corrected chi connectivity index (χ4v) is 6.83. The van der Waals surface area contributed by atoms with Crippen LogP contribution in [0.25, 0.3) is 10.4 Å². The third-order valence-electron chi connectivity index (χ3n) is 7.90. The molecule has 3 atom stereocenters. The molecule has 0 aliphatic carbocycles. The number of carbonyl (C=O) groups is 3. The molecule has 1 saturated heterocycles. The van der Waals surface area contributed by atoms with Crippen LogP contribution in [0.4, 0.5) is 16.2 Å². The summed E-state index contributed by atoms with van der Waals surface area (Å²) < 4.78 is 5.90. The first kappa shape index (κ1) is 24.6. The minimum atomic E-state index is -1.21. The molecule has 10 heteroatoms. The van der Waals surface area contributed by atoms with Crippen molar-refractivity contribution in [2.75, 3.05) is 29.9 Å². The van der Waals surface area contributed by atoms with Crippen molar-refractivity contribution in [2.45, 2.75) is 56.2 Å². The lowest BCUT2D eigenvalue weighted by atomic mass is 9.49. The Kier molecular flexibility index (Phi) is 5.68. The lowest BCUT2D eigenvalue weighted by Gasteiger charge is -2.60. The predicted molar refractivity (Wildman–Crippen MR) is 139 cm³/mol. The summed E-state index contributed by atoms with van der Waals surface area (Å²) >= 11 is 0. The number of azide groups is 1. The summed E-state index contributed by atoms with van der Waals surface area (Å²) in [5.41, 5.74) is 9.29. The van der Waals surface area contributed by atoms with Gasteiger partial charge in [-0.05, 0) is 62.4 Å². The molecule has 192 valence electrons. The number of para-hydroxylation sites is 1. The standard InChI is InChI=1S/C27H30N6O4/c1-25(2,3)37-24(36)33-19-10-6-5-9-18(19)26(13-15-30-31-28)22(35)29-14-12-27(26)21-17(16-34)8-7-11-20(21)32(4)23(27)33/h5-11,16,23H,12-15H2,1-4H3,(H,29,35)/t23-,26-,27-/m0/s1. The highest BCUT2D eigenvalue weighted by Crippen LogP contribution is 2.65. The van der Waals surface area contributed by atoms with Gasteiger partial charge >= 0.3 is 6.09 Å². The lowest BCUT2D eigenvalue weighted by molar-refractivity contribution is -0.134. The number of aldehydes is 1. The number of anilines is 2. The second kappa shape index (κ2) is 8.52. The average Bonchev–Trinajstić information content (AvgIpc) is 3.11. The van der Waals surface area contributed by atoms with E-state index in [2.05, 4.69) is 15.3 Å². The molecule has 3 heterocycles. The Balaban J connectivity index is 1.91. The molecule has 10 nitrogen and oxygen atoms in total. The molecule has 5 rings (SSSR count). The van der Waals surface area contributed by atoms with Crippen LogP contribution in [0.3, 0.4) is 0 Å². The van der Waals surface area contributed by atoms with Crippen LogP contribution < -0.4 is 15.1 Å². The van der Waals surface area contributed by atoms with E-state index in [0.29, 0.717) is 29.8 Å². The predicted octanol–water partition coefficient (Wildman–Crippen LogP) is 4.43. The third kappa shape index (κ3) is 3.25. The van der Waals surface area contributed by atoms with E-state index in [1.165, 1.54) is 0 Å². The number of hydrogen-bond donors (Lipinski definition) is 1. The summed E-state index contributed by atoms with van der Waals surface area (Å²) in [7, 11) is 1.88. The number of likely N-dealkylation sites (N-methyl/N-ethyl adjacent to an activating group) is 1. The quantitative estimate of drug-likeness (QED) is 0.286. The van der Waals surface area contributed by atoms with Crippen molar-refractivity contribution in [3.63, 3.8) is 0 Å². The molecule has 2 aromatic rings. The number of hydrogen-bond acceptors (Lipinski definition) is 6. The van der Waals surface area contributed by atoms with Crippen LogP contribution in [0.1, 0.15) is 55.1 Å². The summed E-state index contributed by atoms with van der Waals surface area (Å²) in [6, 6.07) is 12.8. The monoisotopic (exact) mass is 502 g/mol. The summed E-state index contributed by atoms with van der Waals surface area (Å²) in [4.78, 5) is 47.1. The molecule has 1 fully saturated rings. The molecule has 3 aliphatic rings. The van der Waals surface area contributed by atoms with Gasteiger partial charge < -0.3 is 15.0 Å². The molecule has 1 N–H and O–H groups in total. The smallest absolute Gasteiger partial charge is 0.416 e. The molecule has 0 bridgehead atoms. The Morgan fingerprint density at radius 3 is 2.68 bits per heavy atom. The molecular weight excluding hydrogens is 472 g/mol. The van der Waals surface area contributed by atoms with E-state index in [-0.39, 0.29) is 18.9 Å². The number of ether oxygens (including phenoxy) is 1. The number of carbonyl (C=O) groups excluding carboxylic acids is 3. The molecule has 0 aromatic heterocycles. The van der Waals surface area contributed by atoms with Crippen molar-refractivity contribution in [2.24, 2.45) is 5.11 Å². The largest absolute Gasteiger partial charge is 0.443 e. The number of rotatable bonds is 4. The number of nitrogens with zero attached hydrogens (tertiary/aromatic N) is 5. The van der Waals surface area contributed by atoms with E-state index in [9.17, 15) is 14.4 Å². The minimum Gasteiger partial charge on any atom is -0.443 e. The van der Waals surface area contributed by atoms with Gasteiger partial charge in [0.2, 0.25) is 5.91 Å². The molecular formula is C27H30N6O4.